The highest BCUT2D eigenvalue weighted by Gasteiger charge is 2.04. The second kappa shape index (κ2) is 9.39. The van der Waals surface area contributed by atoms with Gasteiger partial charge in [-0.15, -0.1) is 0 Å². The number of anilines is 1. The summed E-state index contributed by atoms with van der Waals surface area (Å²) in [4.78, 5) is 23.0. The summed E-state index contributed by atoms with van der Waals surface area (Å²) in [6.45, 7) is 2.92. The molecule has 2 amide bonds. The Morgan fingerprint density at radius 3 is 2.80 bits per heavy atom. The summed E-state index contributed by atoms with van der Waals surface area (Å²) >= 11 is 1.44. The number of amides is 2. The van der Waals surface area contributed by atoms with Crippen LogP contribution in [0.25, 0.3) is 0 Å². The predicted molar refractivity (Wildman–Crippen MR) is 83.8 cm³/mol. The molecule has 0 unspecified atom stereocenters. The molecule has 110 valence electrons. The minimum atomic E-state index is -0.0528. The number of hydrogen-bond donors (Lipinski definition) is 3. The van der Waals surface area contributed by atoms with Gasteiger partial charge in [0.25, 0.3) is 0 Å². The van der Waals surface area contributed by atoms with Gasteiger partial charge in [-0.3, -0.25) is 9.59 Å². The lowest BCUT2D eigenvalue weighted by atomic mass is 10.2. The molecule has 0 aliphatic carbocycles. The second-order valence-corrected chi connectivity index (χ2v) is 5.46. The Labute approximate surface area is 123 Å². The Morgan fingerprint density at radius 2 is 2.10 bits per heavy atom. The number of thioether (sulfide) groups is 1. The molecule has 1 rings (SSSR count). The van der Waals surface area contributed by atoms with Crippen LogP contribution in [0, 0.1) is 6.92 Å². The molecule has 0 saturated carbocycles. The third-order valence-electron chi connectivity index (χ3n) is 2.47. The van der Waals surface area contributed by atoms with Crippen LogP contribution >= 0.6 is 11.8 Å². The van der Waals surface area contributed by atoms with Crippen LogP contribution in [0.5, 0.6) is 0 Å². The van der Waals surface area contributed by atoms with Gasteiger partial charge in [0.1, 0.15) is 0 Å². The number of rotatable bonds is 8. The Balaban J connectivity index is 2.16. The minimum Gasteiger partial charge on any atom is -0.355 e. The van der Waals surface area contributed by atoms with Crippen molar-refractivity contribution in [1.29, 1.82) is 0 Å². The highest BCUT2D eigenvalue weighted by molar-refractivity contribution is 7.99. The molecule has 1 aromatic carbocycles. The zero-order valence-electron chi connectivity index (χ0n) is 11.6. The van der Waals surface area contributed by atoms with E-state index in [1.807, 2.05) is 31.2 Å². The molecule has 0 heterocycles. The molecule has 0 radical (unpaired) electrons. The molecule has 1 aromatic rings. The maximum absolute atomic E-state index is 11.7. The first-order valence-corrected chi connectivity index (χ1v) is 7.68. The molecule has 0 aromatic heterocycles. The number of carbonyl (C=O) groups excluding carboxylic acids is 2. The normalized spacial score (nSPS) is 10.1. The van der Waals surface area contributed by atoms with Gasteiger partial charge in [0.05, 0.1) is 5.75 Å². The quantitative estimate of drug-likeness (QED) is 0.628. The van der Waals surface area contributed by atoms with Crippen molar-refractivity contribution in [2.45, 2.75) is 13.3 Å². The van der Waals surface area contributed by atoms with Gasteiger partial charge in [-0.25, -0.2) is 0 Å². The predicted octanol–water partition coefficient (Wildman–Crippen LogP) is 1.13. The van der Waals surface area contributed by atoms with Crippen LogP contribution < -0.4 is 16.4 Å². The summed E-state index contributed by atoms with van der Waals surface area (Å²) < 4.78 is 0. The van der Waals surface area contributed by atoms with Gasteiger partial charge in [-0.05, 0) is 24.6 Å². The molecule has 4 N–H and O–H groups in total. The fourth-order valence-electron chi connectivity index (χ4n) is 1.55. The lowest BCUT2D eigenvalue weighted by Gasteiger charge is -2.06. The van der Waals surface area contributed by atoms with Crippen molar-refractivity contribution in [3.05, 3.63) is 29.8 Å². The average molecular weight is 295 g/mol. The van der Waals surface area contributed by atoms with E-state index in [0.717, 1.165) is 11.3 Å². The highest BCUT2D eigenvalue weighted by Crippen LogP contribution is 2.10. The molecule has 0 aliphatic rings. The summed E-state index contributed by atoms with van der Waals surface area (Å²) in [5.74, 6) is 0.889. The van der Waals surface area contributed by atoms with E-state index in [-0.39, 0.29) is 11.8 Å². The van der Waals surface area contributed by atoms with Gasteiger partial charge in [-0.2, -0.15) is 11.8 Å². The van der Waals surface area contributed by atoms with E-state index in [1.165, 1.54) is 11.8 Å². The van der Waals surface area contributed by atoms with Crippen LogP contribution in [0.4, 0.5) is 5.69 Å². The summed E-state index contributed by atoms with van der Waals surface area (Å²) in [7, 11) is 0. The molecule has 5 nitrogen and oxygen atoms in total. The summed E-state index contributed by atoms with van der Waals surface area (Å²) in [5, 5.41) is 5.52. The van der Waals surface area contributed by atoms with E-state index < -0.39 is 0 Å². The molecule has 0 spiro atoms. The van der Waals surface area contributed by atoms with Crippen LogP contribution in [0.15, 0.2) is 24.3 Å². The van der Waals surface area contributed by atoms with Gasteiger partial charge in [0.15, 0.2) is 0 Å². The average Bonchev–Trinajstić information content (AvgIpc) is 2.41. The topological polar surface area (TPSA) is 84.2 Å². The Bertz CT molecular complexity index is 452. The summed E-state index contributed by atoms with van der Waals surface area (Å²) in [6.07, 6.45) is 0.405. The number of hydrogen-bond acceptors (Lipinski definition) is 4. The van der Waals surface area contributed by atoms with E-state index in [4.69, 9.17) is 5.73 Å². The van der Waals surface area contributed by atoms with E-state index in [9.17, 15) is 9.59 Å². The van der Waals surface area contributed by atoms with Gasteiger partial charge in [0, 0.05) is 31.0 Å². The SMILES string of the molecule is Cc1cccc(NC(=O)CSCCC(=O)NCCN)c1. The summed E-state index contributed by atoms with van der Waals surface area (Å²) in [6, 6.07) is 7.66. The van der Waals surface area contributed by atoms with Crippen molar-refractivity contribution >= 4 is 29.3 Å². The fraction of sp³-hybridized carbons (Fsp3) is 0.429. The minimum absolute atomic E-state index is 0.0259. The largest absolute Gasteiger partial charge is 0.355 e. The number of benzene rings is 1. The smallest absolute Gasteiger partial charge is 0.234 e. The highest BCUT2D eigenvalue weighted by atomic mass is 32.2. The van der Waals surface area contributed by atoms with Crippen LogP contribution in [0.1, 0.15) is 12.0 Å². The van der Waals surface area contributed by atoms with Crippen LogP contribution in [-0.2, 0) is 9.59 Å². The van der Waals surface area contributed by atoms with E-state index in [1.54, 1.807) is 0 Å². The third-order valence-corrected chi connectivity index (χ3v) is 3.43. The fourth-order valence-corrected chi connectivity index (χ4v) is 2.28. The van der Waals surface area contributed by atoms with E-state index >= 15 is 0 Å². The summed E-state index contributed by atoms with van der Waals surface area (Å²) in [5.41, 5.74) is 7.19. The molecular weight excluding hydrogens is 274 g/mol. The molecule has 0 bridgehead atoms. The van der Waals surface area contributed by atoms with Crippen molar-refractivity contribution in [2.75, 3.05) is 29.9 Å². The molecular formula is C14H21N3O2S. The van der Waals surface area contributed by atoms with Gasteiger partial charge >= 0.3 is 0 Å². The Morgan fingerprint density at radius 1 is 1.30 bits per heavy atom. The maximum atomic E-state index is 11.7. The van der Waals surface area contributed by atoms with Gasteiger partial charge < -0.3 is 16.4 Å². The molecule has 0 saturated heterocycles. The number of nitrogens with one attached hydrogen (secondary N) is 2. The number of carbonyl (C=O) groups is 2. The molecule has 0 atom stereocenters. The third kappa shape index (κ3) is 7.16. The van der Waals surface area contributed by atoms with E-state index in [0.29, 0.717) is 31.0 Å². The zero-order chi connectivity index (χ0) is 14.8. The molecule has 20 heavy (non-hydrogen) atoms. The first-order valence-electron chi connectivity index (χ1n) is 6.53. The lowest BCUT2D eigenvalue weighted by Crippen LogP contribution is -2.29. The molecule has 0 aliphatic heterocycles. The zero-order valence-corrected chi connectivity index (χ0v) is 12.5. The number of aryl methyl sites for hydroxylation is 1. The van der Waals surface area contributed by atoms with Crippen LogP contribution in [0.3, 0.4) is 0 Å². The first kappa shape index (κ1) is 16.5. The second-order valence-electron chi connectivity index (χ2n) is 4.36. The van der Waals surface area contributed by atoms with Crippen molar-refractivity contribution in [3.63, 3.8) is 0 Å². The monoisotopic (exact) mass is 295 g/mol. The van der Waals surface area contributed by atoms with Crippen LogP contribution in [-0.4, -0.2) is 36.4 Å². The van der Waals surface area contributed by atoms with Crippen molar-refractivity contribution < 1.29 is 9.59 Å². The van der Waals surface area contributed by atoms with Gasteiger partial charge in [-0.1, -0.05) is 12.1 Å². The lowest BCUT2D eigenvalue weighted by molar-refractivity contribution is -0.120. The van der Waals surface area contributed by atoms with Crippen molar-refractivity contribution in [1.82, 2.24) is 5.32 Å². The molecule has 0 fully saturated rings. The Hall–Kier alpha value is -1.53. The van der Waals surface area contributed by atoms with E-state index in [2.05, 4.69) is 10.6 Å². The van der Waals surface area contributed by atoms with Crippen molar-refractivity contribution in [3.8, 4) is 0 Å². The standard InChI is InChI=1S/C14H21N3O2S/c1-11-3-2-4-12(9-11)17-14(19)10-20-8-5-13(18)16-7-6-15/h2-4,9H,5-8,10,15H2,1H3,(H,16,18)(H,17,19). The van der Waals surface area contributed by atoms with Crippen LogP contribution in [0.2, 0.25) is 0 Å². The van der Waals surface area contributed by atoms with Gasteiger partial charge in [0.2, 0.25) is 11.8 Å². The number of nitrogens with two attached hydrogens (primary N) is 1. The maximum Gasteiger partial charge on any atom is 0.234 e. The first-order chi connectivity index (χ1) is 9.61. The molecule has 6 heteroatoms. The van der Waals surface area contributed by atoms with Crippen molar-refractivity contribution in [2.24, 2.45) is 5.73 Å². The Kier molecular flexibility index (Phi) is 7.75.